The predicted octanol–water partition coefficient (Wildman–Crippen LogP) is 10.7. The monoisotopic (exact) mass is 536 g/mol. The van der Waals surface area contributed by atoms with Crippen LogP contribution in [-0.4, -0.2) is 10.2 Å². The van der Waals surface area contributed by atoms with Crippen molar-refractivity contribution in [3.63, 3.8) is 0 Å². The molecule has 3 aromatic carbocycles. The van der Waals surface area contributed by atoms with Gasteiger partial charge < -0.3 is 0 Å². The zero-order valence-electron chi connectivity index (χ0n) is 21.7. The van der Waals surface area contributed by atoms with Crippen molar-refractivity contribution in [1.29, 1.82) is 0 Å². The number of benzene rings is 3. The molecular formula is C32H28N2S3. The van der Waals surface area contributed by atoms with Crippen molar-refractivity contribution < 1.29 is 0 Å². The summed E-state index contributed by atoms with van der Waals surface area (Å²) in [4.78, 5) is 0. The first-order valence-corrected chi connectivity index (χ1v) is 15.4. The van der Waals surface area contributed by atoms with Gasteiger partial charge in [0.25, 0.3) is 0 Å². The van der Waals surface area contributed by atoms with Crippen molar-refractivity contribution in [2.45, 2.75) is 47.0 Å². The minimum Gasteiger partial charge on any atom is -0.155 e. The number of rotatable bonds is 4. The summed E-state index contributed by atoms with van der Waals surface area (Å²) in [5.41, 5.74) is 6.05. The molecule has 184 valence electrons. The highest BCUT2D eigenvalue weighted by Gasteiger charge is 2.21. The second-order valence-electron chi connectivity index (χ2n) is 10.8. The maximum absolute atomic E-state index is 4.83. The fraction of sp³-hybridized carbons (Fsp3) is 0.250. The molecule has 5 heteroatoms. The van der Waals surface area contributed by atoms with E-state index in [-0.39, 0.29) is 0 Å². The molecule has 0 saturated heterocycles. The quantitative estimate of drug-likeness (QED) is 0.223. The lowest BCUT2D eigenvalue weighted by Crippen LogP contribution is -1.95. The van der Waals surface area contributed by atoms with Crippen LogP contribution >= 0.6 is 34.0 Å². The van der Waals surface area contributed by atoms with E-state index in [1.165, 1.54) is 66.4 Å². The molecule has 0 aliphatic heterocycles. The molecule has 0 bridgehead atoms. The van der Waals surface area contributed by atoms with Crippen LogP contribution in [0.25, 0.3) is 61.0 Å². The van der Waals surface area contributed by atoms with E-state index in [2.05, 4.69) is 94.3 Å². The number of fused-ring (bicyclic) bond motifs is 8. The molecule has 7 aromatic rings. The third-order valence-corrected chi connectivity index (χ3v) is 11.0. The van der Waals surface area contributed by atoms with E-state index in [1.54, 1.807) is 0 Å². The molecular weight excluding hydrogens is 509 g/mol. The van der Waals surface area contributed by atoms with E-state index >= 15 is 0 Å². The van der Waals surface area contributed by atoms with Crippen LogP contribution in [0.4, 0.5) is 0 Å². The molecule has 0 spiro atoms. The van der Waals surface area contributed by atoms with Crippen molar-refractivity contribution in [3.8, 4) is 11.3 Å². The van der Waals surface area contributed by atoms with Gasteiger partial charge in [-0.3, -0.25) is 0 Å². The van der Waals surface area contributed by atoms with Crippen LogP contribution < -0.4 is 0 Å². The highest BCUT2D eigenvalue weighted by atomic mass is 32.2. The van der Waals surface area contributed by atoms with Gasteiger partial charge >= 0.3 is 0 Å². The molecule has 0 amide bonds. The zero-order chi connectivity index (χ0) is 25.4. The lowest BCUT2D eigenvalue weighted by molar-refractivity contribution is 0.650. The van der Waals surface area contributed by atoms with Gasteiger partial charge in [0.05, 0.1) is 14.4 Å². The average Bonchev–Trinajstić information content (AvgIpc) is 3.53. The molecule has 0 radical (unpaired) electrons. The lowest BCUT2D eigenvalue weighted by Gasteiger charge is -2.12. The summed E-state index contributed by atoms with van der Waals surface area (Å²) in [5.74, 6) is 1.03. The van der Waals surface area contributed by atoms with Crippen LogP contribution in [0.2, 0.25) is 0 Å². The van der Waals surface area contributed by atoms with Gasteiger partial charge in [-0.25, -0.2) is 0 Å². The third kappa shape index (κ3) is 3.55. The Morgan fingerprint density at radius 3 is 2.32 bits per heavy atom. The summed E-state index contributed by atoms with van der Waals surface area (Å²) in [6.45, 7) is 11.3. The number of aromatic nitrogens is 2. The molecule has 0 atom stereocenters. The van der Waals surface area contributed by atoms with Crippen molar-refractivity contribution in [3.05, 3.63) is 71.4 Å². The molecule has 0 unspecified atom stereocenters. The number of hydrogen-bond donors (Lipinski definition) is 0. The Kier molecular flexibility index (Phi) is 5.40. The number of thiophene rings is 3. The highest BCUT2D eigenvalue weighted by molar-refractivity contribution is 7.44. The molecule has 2 nitrogen and oxygen atoms in total. The highest BCUT2D eigenvalue weighted by Crippen LogP contribution is 2.49. The first-order chi connectivity index (χ1) is 17.9. The van der Waals surface area contributed by atoms with Gasteiger partial charge in [0.1, 0.15) is 5.69 Å². The SMILES string of the molecule is Cc1nnc(-c2cc(C(C)C)c3c(c2)sc2sc4ccccc4c23)c2sc3c(CC(C)C)cccc3c12. The Hall–Kier alpha value is -2.86. The fourth-order valence-corrected chi connectivity index (χ4v) is 9.77. The van der Waals surface area contributed by atoms with Crippen LogP contribution in [-0.2, 0) is 6.42 Å². The molecule has 7 rings (SSSR count). The maximum Gasteiger partial charge on any atom is 0.111 e. The minimum atomic E-state index is 0.410. The molecule has 0 aliphatic rings. The first-order valence-electron chi connectivity index (χ1n) is 13.0. The van der Waals surface area contributed by atoms with Crippen molar-refractivity contribution in [2.24, 2.45) is 5.92 Å². The van der Waals surface area contributed by atoms with E-state index in [0.29, 0.717) is 11.8 Å². The number of nitrogens with zero attached hydrogens (tertiary/aromatic N) is 2. The van der Waals surface area contributed by atoms with E-state index in [0.717, 1.165) is 17.8 Å². The molecule has 0 N–H and O–H groups in total. The number of hydrogen-bond acceptors (Lipinski definition) is 5. The molecule has 0 fully saturated rings. The molecule has 0 aliphatic carbocycles. The largest absolute Gasteiger partial charge is 0.155 e. The second kappa shape index (κ2) is 8.59. The summed E-state index contributed by atoms with van der Waals surface area (Å²) < 4.78 is 6.79. The smallest absolute Gasteiger partial charge is 0.111 e. The van der Waals surface area contributed by atoms with E-state index in [9.17, 15) is 0 Å². The summed E-state index contributed by atoms with van der Waals surface area (Å²) >= 11 is 5.74. The Morgan fingerprint density at radius 2 is 1.51 bits per heavy atom. The van der Waals surface area contributed by atoms with Crippen LogP contribution in [0.1, 0.15) is 50.4 Å². The van der Waals surface area contributed by atoms with Crippen molar-refractivity contribution >= 4 is 83.8 Å². The van der Waals surface area contributed by atoms with Crippen LogP contribution in [0.15, 0.2) is 54.6 Å². The maximum atomic E-state index is 4.83. The fourth-order valence-electron chi connectivity index (χ4n) is 5.72. The van der Waals surface area contributed by atoms with Crippen molar-refractivity contribution in [2.75, 3.05) is 0 Å². The first kappa shape index (κ1) is 23.3. The summed E-state index contributed by atoms with van der Waals surface area (Å²) in [5, 5.41) is 16.3. The average molecular weight is 537 g/mol. The normalized spacial score (nSPS) is 12.5. The van der Waals surface area contributed by atoms with Gasteiger partial charge in [-0.15, -0.1) is 39.1 Å². The van der Waals surface area contributed by atoms with E-state index < -0.39 is 0 Å². The topological polar surface area (TPSA) is 25.8 Å². The summed E-state index contributed by atoms with van der Waals surface area (Å²) in [7, 11) is 0. The Bertz CT molecular complexity index is 1980. The van der Waals surface area contributed by atoms with Gasteiger partial charge in [-0.2, -0.15) is 5.10 Å². The van der Waals surface area contributed by atoms with E-state index in [4.69, 9.17) is 5.10 Å². The summed E-state index contributed by atoms with van der Waals surface area (Å²) in [6, 6.07) is 20.3. The third-order valence-electron chi connectivity index (χ3n) is 7.35. The Morgan fingerprint density at radius 1 is 0.730 bits per heavy atom. The number of aryl methyl sites for hydroxylation is 1. The Balaban J connectivity index is 1.53. The van der Waals surface area contributed by atoms with Gasteiger partial charge in [0.2, 0.25) is 0 Å². The second-order valence-corrected chi connectivity index (χ2v) is 14.2. The van der Waals surface area contributed by atoms with Gasteiger partial charge in [-0.1, -0.05) is 64.1 Å². The van der Waals surface area contributed by atoms with Gasteiger partial charge in [0.15, 0.2) is 0 Å². The lowest BCUT2D eigenvalue weighted by atomic mass is 9.93. The minimum absolute atomic E-state index is 0.410. The summed E-state index contributed by atoms with van der Waals surface area (Å²) in [6.07, 6.45) is 1.09. The molecule has 0 saturated carbocycles. The van der Waals surface area contributed by atoms with Crippen molar-refractivity contribution in [1.82, 2.24) is 10.2 Å². The van der Waals surface area contributed by atoms with Gasteiger partial charge in [0, 0.05) is 46.6 Å². The van der Waals surface area contributed by atoms with Crippen LogP contribution in [0, 0.1) is 12.8 Å². The zero-order valence-corrected chi connectivity index (χ0v) is 24.1. The molecule has 37 heavy (non-hydrogen) atoms. The van der Waals surface area contributed by atoms with Crippen LogP contribution in [0.3, 0.4) is 0 Å². The molecule has 4 heterocycles. The van der Waals surface area contributed by atoms with Gasteiger partial charge in [-0.05, 0) is 54.5 Å². The Labute approximate surface area is 228 Å². The predicted molar refractivity (Wildman–Crippen MR) is 166 cm³/mol. The van der Waals surface area contributed by atoms with Crippen LogP contribution in [0.5, 0.6) is 0 Å². The molecule has 4 aromatic heterocycles. The standard InChI is InChI=1S/C32H28N2S3/c1-16(2)13-19-9-8-11-22-26-18(5)33-34-29(31(26)37-30(19)22)20-14-23(17(3)4)27-25(15-20)36-32-28(27)21-10-6-7-12-24(21)35-32/h6-12,14-17H,13H2,1-5H3. The van der Waals surface area contributed by atoms with E-state index in [1.807, 2.05) is 34.0 Å².